The van der Waals surface area contributed by atoms with Gasteiger partial charge in [0.25, 0.3) is 0 Å². The van der Waals surface area contributed by atoms with Crippen LogP contribution in [0.3, 0.4) is 0 Å². The SMILES string of the molecule is Cc1ccc(S(=O)(=O)N(CC(N)=O)C[C@@H](O)Cn2c3ccccc3c3ccccc32)cc1. The van der Waals surface area contributed by atoms with Crippen LogP contribution >= 0.6 is 0 Å². The van der Waals surface area contributed by atoms with Gasteiger partial charge in [0.05, 0.1) is 24.1 Å². The average molecular weight is 452 g/mol. The maximum Gasteiger partial charge on any atom is 0.243 e. The van der Waals surface area contributed by atoms with Gasteiger partial charge in [-0.3, -0.25) is 4.79 Å². The summed E-state index contributed by atoms with van der Waals surface area (Å²) in [7, 11) is -4.01. The lowest BCUT2D eigenvalue weighted by atomic mass is 10.2. The fourth-order valence-electron chi connectivity index (χ4n) is 3.98. The molecular formula is C24H25N3O4S. The summed E-state index contributed by atoms with van der Waals surface area (Å²) in [6.45, 7) is 1.24. The molecule has 166 valence electrons. The molecule has 3 N–H and O–H groups in total. The first-order valence-corrected chi connectivity index (χ1v) is 11.7. The second-order valence-electron chi connectivity index (χ2n) is 7.88. The smallest absolute Gasteiger partial charge is 0.243 e. The van der Waals surface area contributed by atoms with Gasteiger partial charge >= 0.3 is 0 Å². The zero-order valence-corrected chi connectivity index (χ0v) is 18.5. The minimum absolute atomic E-state index is 0.0495. The van der Waals surface area contributed by atoms with Crippen LogP contribution in [0.4, 0.5) is 0 Å². The summed E-state index contributed by atoms with van der Waals surface area (Å²) >= 11 is 0. The first kappa shape index (κ1) is 22.0. The molecule has 7 nitrogen and oxygen atoms in total. The minimum Gasteiger partial charge on any atom is -0.390 e. The summed E-state index contributed by atoms with van der Waals surface area (Å²) in [5.41, 5.74) is 8.12. The van der Waals surface area contributed by atoms with E-state index in [0.717, 1.165) is 31.7 Å². The molecule has 4 rings (SSSR count). The highest BCUT2D eigenvalue weighted by Crippen LogP contribution is 2.29. The number of aliphatic hydroxyl groups is 1. The molecule has 8 heteroatoms. The Morgan fingerprint density at radius 3 is 2.03 bits per heavy atom. The number of aromatic nitrogens is 1. The predicted molar refractivity (Wildman–Crippen MR) is 125 cm³/mol. The molecule has 0 fully saturated rings. The van der Waals surface area contributed by atoms with Gasteiger partial charge in [-0.15, -0.1) is 0 Å². The van der Waals surface area contributed by atoms with Crippen LogP contribution in [0.2, 0.25) is 0 Å². The van der Waals surface area contributed by atoms with Crippen molar-refractivity contribution in [3.05, 3.63) is 78.4 Å². The number of aryl methyl sites for hydroxylation is 1. The van der Waals surface area contributed by atoms with Crippen LogP contribution in [0, 0.1) is 6.92 Å². The van der Waals surface area contributed by atoms with E-state index < -0.39 is 28.6 Å². The van der Waals surface area contributed by atoms with E-state index in [0.29, 0.717) is 0 Å². The number of carbonyl (C=O) groups is 1. The van der Waals surface area contributed by atoms with Crippen LogP contribution in [-0.4, -0.2) is 47.5 Å². The summed E-state index contributed by atoms with van der Waals surface area (Å²) < 4.78 is 29.2. The molecule has 1 atom stereocenters. The molecule has 0 bridgehead atoms. The second-order valence-corrected chi connectivity index (χ2v) is 9.81. The maximum absolute atomic E-state index is 13.1. The number of fused-ring (bicyclic) bond motifs is 3. The predicted octanol–water partition coefficient (Wildman–Crippen LogP) is 2.64. The van der Waals surface area contributed by atoms with Gasteiger partial charge in [-0.1, -0.05) is 54.1 Å². The van der Waals surface area contributed by atoms with Crippen LogP contribution in [0.25, 0.3) is 21.8 Å². The van der Waals surface area contributed by atoms with Crippen molar-refractivity contribution in [1.82, 2.24) is 8.87 Å². The third-order valence-corrected chi connectivity index (χ3v) is 7.30. The van der Waals surface area contributed by atoms with E-state index in [9.17, 15) is 18.3 Å². The van der Waals surface area contributed by atoms with Crippen molar-refractivity contribution >= 4 is 37.7 Å². The van der Waals surface area contributed by atoms with E-state index >= 15 is 0 Å². The van der Waals surface area contributed by atoms with Crippen LogP contribution in [-0.2, 0) is 21.4 Å². The molecule has 0 unspecified atom stereocenters. The Hall–Kier alpha value is -3.20. The Labute approximate surface area is 186 Å². The highest BCUT2D eigenvalue weighted by molar-refractivity contribution is 7.89. The van der Waals surface area contributed by atoms with Crippen molar-refractivity contribution in [2.45, 2.75) is 24.5 Å². The zero-order chi connectivity index (χ0) is 22.9. The first-order valence-electron chi connectivity index (χ1n) is 10.3. The van der Waals surface area contributed by atoms with Crippen molar-refractivity contribution in [3.8, 4) is 0 Å². The van der Waals surface area contributed by atoms with Gasteiger partial charge in [0, 0.05) is 28.4 Å². The normalized spacial score (nSPS) is 13.1. The van der Waals surface area contributed by atoms with Crippen molar-refractivity contribution < 1.29 is 18.3 Å². The number of primary amides is 1. The molecular weight excluding hydrogens is 426 g/mol. The number of sulfonamides is 1. The lowest BCUT2D eigenvalue weighted by molar-refractivity contribution is -0.118. The highest BCUT2D eigenvalue weighted by atomic mass is 32.2. The number of carbonyl (C=O) groups excluding carboxylic acids is 1. The molecule has 0 aliphatic rings. The lowest BCUT2D eigenvalue weighted by Crippen LogP contribution is -2.43. The summed E-state index contributed by atoms with van der Waals surface area (Å²) in [5.74, 6) is -0.787. The number of nitrogens with two attached hydrogens (primary N) is 1. The molecule has 0 aliphatic heterocycles. The van der Waals surface area contributed by atoms with E-state index in [1.165, 1.54) is 12.1 Å². The molecule has 0 aliphatic carbocycles. The quantitative estimate of drug-likeness (QED) is 0.430. The van der Waals surface area contributed by atoms with E-state index in [4.69, 9.17) is 5.73 Å². The molecule has 0 saturated carbocycles. The maximum atomic E-state index is 13.1. The molecule has 4 aromatic rings. The van der Waals surface area contributed by atoms with Crippen LogP contribution < -0.4 is 5.73 Å². The van der Waals surface area contributed by atoms with Gasteiger partial charge in [-0.05, 0) is 31.2 Å². The number of hydrogen-bond donors (Lipinski definition) is 2. The highest BCUT2D eigenvalue weighted by Gasteiger charge is 2.28. The standard InChI is InChI=1S/C24H25N3O4S/c1-17-10-12-19(13-11-17)32(30,31)26(16-24(25)29)14-18(28)15-27-22-8-4-2-6-20(22)21-7-3-5-9-23(21)27/h2-13,18,28H,14-16H2,1H3,(H2,25,29)/t18-/m1/s1. The number of benzene rings is 3. The summed E-state index contributed by atoms with van der Waals surface area (Å²) in [6, 6.07) is 22.1. The summed E-state index contributed by atoms with van der Waals surface area (Å²) in [5, 5.41) is 13.0. The van der Waals surface area contributed by atoms with Crippen molar-refractivity contribution in [1.29, 1.82) is 0 Å². The molecule has 1 heterocycles. The molecule has 1 aromatic heterocycles. The van der Waals surface area contributed by atoms with Gasteiger partial charge in [0.1, 0.15) is 0 Å². The topological polar surface area (TPSA) is 106 Å². The zero-order valence-electron chi connectivity index (χ0n) is 17.7. The average Bonchev–Trinajstić information content (AvgIpc) is 3.07. The first-order chi connectivity index (χ1) is 15.3. The number of nitrogens with zero attached hydrogens (tertiary/aromatic N) is 2. The Bertz CT molecular complexity index is 1320. The van der Waals surface area contributed by atoms with Gasteiger partial charge in [-0.25, -0.2) is 8.42 Å². The molecule has 3 aromatic carbocycles. The Kier molecular flexibility index (Phi) is 6.01. The Morgan fingerprint density at radius 2 is 1.50 bits per heavy atom. The van der Waals surface area contributed by atoms with Gasteiger partial charge in [0.15, 0.2) is 0 Å². The fourth-order valence-corrected chi connectivity index (χ4v) is 5.43. The third-order valence-electron chi connectivity index (χ3n) is 5.48. The summed E-state index contributed by atoms with van der Waals surface area (Å²) in [4.78, 5) is 11.7. The van der Waals surface area contributed by atoms with E-state index in [-0.39, 0.29) is 18.0 Å². The number of para-hydroxylation sites is 2. The van der Waals surface area contributed by atoms with Crippen molar-refractivity contribution in [2.24, 2.45) is 5.73 Å². The van der Waals surface area contributed by atoms with Crippen LogP contribution in [0.15, 0.2) is 77.7 Å². The third kappa shape index (κ3) is 4.25. The van der Waals surface area contributed by atoms with Gasteiger partial charge < -0.3 is 15.4 Å². The monoisotopic (exact) mass is 451 g/mol. The van der Waals surface area contributed by atoms with Crippen LogP contribution in [0.5, 0.6) is 0 Å². The van der Waals surface area contributed by atoms with Crippen molar-refractivity contribution in [3.63, 3.8) is 0 Å². The van der Waals surface area contributed by atoms with Crippen molar-refractivity contribution in [2.75, 3.05) is 13.1 Å². The molecule has 0 spiro atoms. The molecule has 1 amide bonds. The largest absolute Gasteiger partial charge is 0.390 e. The lowest BCUT2D eigenvalue weighted by Gasteiger charge is -2.24. The van der Waals surface area contributed by atoms with E-state index in [1.54, 1.807) is 12.1 Å². The molecule has 0 saturated heterocycles. The minimum atomic E-state index is -4.01. The number of aliphatic hydroxyl groups excluding tert-OH is 1. The number of amides is 1. The number of hydrogen-bond acceptors (Lipinski definition) is 4. The van der Waals surface area contributed by atoms with Crippen LogP contribution in [0.1, 0.15) is 5.56 Å². The van der Waals surface area contributed by atoms with Gasteiger partial charge in [-0.2, -0.15) is 4.31 Å². The Balaban J connectivity index is 1.65. The fraction of sp³-hybridized carbons (Fsp3) is 0.208. The molecule has 32 heavy (non-hydrogen) atoms. The van der Waals surface area contributed by atoms with E-state index in [1.807, 2.05) is 60.0 Å². The molecule has 0 radical (unpaired) electrons. The second kappa shape index (κ2) is 8.74. The Morgan fingerprint density at radius 1 is 0.969 bits per heavy atom. The summed E-state index contributed by atoms with van der Waals surface area (Å²) in [6.07, 6.45) is -1.06. The van der Waals surface area contributed by atoms with Gasteiger partial charge in [0.2, 0.25) is 15.9 Å². The number of rotatable bonds is 8. The van der Waals surface area contributed by atoms with E-state index in [2.05, 4.69) is 0 Å².